The van der Waals surface area contributed by atoms with Crippen molar-refractivity contribution in [3.05, 3.63) is 106 Å². The highest BCUT2D eigenvalue weighted by Gasteiger charge is 2.34. The molecule has 1 N–H and O–H groups in total. The number of hydrogen-bond donors (Lipinski definition) is 1. The molecule has 0 aliphatic carbocycles. The molecule has 0 aliphatic rings. The van der Waals surface area contributed by atoms with Crippen molar-refractivity contribution >= 4 is 22.7 Å². The summed E-state index contributed by atoms with van der Waals surface area (Å²) in [6, 6.07) is 13.9. The van der Waals surface area contributed by atoms with Crippen molar-refractivity contribution in [1.82, 2.24) is 4.90 Å². The van der Waals surface area contributed by atoms with Crippen molar-refractivity contribution in [2.24, 2.45) is 0 Å². The van der Waals surface area contributed by atoms with E-state index >= 15 is 0 Å². The van der Waals surface area contributed by atoms with Gasteiger partial charge in [0.1, 0.15) is 0 Å². The molecule has 1 aromatic carbocycles. The number of nitrogens with zero attached hydrogens (tertiary/aromatic N) is 1. The Kier molecular flexibility index (Phi) is 6.80. The van der Waals surface area contributed by atoms with Gasteiger partial charge in [-0.2, -0.15) is 22.7 Å². The van der Waals surface area contributed by atoms with Gasteiger partial charge in [-0.25, -0.2) is 0 Å². The number of rotatable bonds is 9. The molecule has 3 aromatic rings. The third-order valence-corrected chi connectivity index (χ3v) is 6.33. The Hall–Kier alpha value is -1.98. The zero-order valence-corrected chi connectivity index (χ0v) is 17.1. The lowest BCUT2D eigenvalue weighted by Crippen LogP contribution is -2.41. The molecule has 140 valence electrons. The van der Waals surface area contributed by atoms with Crippen LogP contribution in [0, 0.1) is 0 Å². The molecule has 0 saturated carbocycles. The highest BCUT2D eigenvalue weighted by Crippen LogP contribution is 2.39. The van der Waals surface area contributed by atoms with E-state index in [9.17, 15) is 5.11 Å². The molecule has 2 heterocycles. The van der Waals surface area contributed by atoms with Crippen LogP contribution in [0.2, 0.25) is 0 Å². The van der Waals surface area contributed by atoms with Crippen LogP contribution in [0.3, 0.4) is 0 Å². The Labute approximate surface area is 169 Å². The average molecular weight is 396 g/mol. The van der Waals surface area contributed by atoms with Crippen molar-refractivity contribution in [1.29, 1.82) is 0 Å². The standard InChI is InChI=1S/C23H25NOS2/c1-4-21(19-11-13-26-15-19)24(22(5-2)20-12-14-27-16-20)17(3)23(25)18-9-7-6-8-10-18/h4-17,21-23,25H,1-2H2,3H3. The van der Waals surface area contributed by atoms with Gasteiger partial charge >= 0.3 is 0 Å². The Morgan fingerprint density at radius 3 is 1.78 bits per heavy atom. The Bertz CT molecular complexity index is 780. The van der Waals surface area contributed by atoms with Gasteiger partial charge in [0, 0.05) is 6.04 Å². The molecule has 0 amide bonds. The van der Waals surface area contributed by atoms with Crippen LogP contribution < -0.4 is 0 Å². The van der Waals surface area contributed by atoms with Crippen LogP contribution in [-0.4, -0.2) is 16.0 Å². The van der Waals surface area contributed by atoms with Gasteiger partial charge in [0.25, 0.3) is 0 Å². The zero-order valence-electron chi connectivity index (χ0n) is 15.4. The van der Waals surface area contributed by atoms with Crippen LogP contribution in [-0.2, 0) is 0 Å². The summed E-state index contributed by atoms with van der Waals surface area (Å²) in [6.07, 6.45) is 3.30. The first-order valence-electron chi connectivity index (χ1n) is 8.97. The van der Waals surface area contributed by atoms with Gasteiger partial charge in [-0.05, 0) is 57.3 Å². The molecule has 2 nitrogen and oxygen atoms in total. The molecular formula is C23H25NOS2. The highest BCUT2D eigenvalue weighted by molar-refractivity contribution is 7.08. The van der Waals surface area contributed by atoms with E-state index in [1.54, 1.807) is 22.7 Å². The second kappa shape index (κ2) is 9.29. The first-order valence-corrected chi connectivity index (χ1v) is 10.9. The molecule has 0 fully saturated rings. The molecule has 0 spiro atoms. The van der Waals surface area contributed by atoms with Gasteiger partial charge in [-0.15, -0.1) is 13.2 Å². The van der Waals surface area contributed by atoms with Crippen LogP contribution in [0.15, 0.2) is 89.3 Å². The van der Waals surface area contributed by atoms with E-state index in [1.165, 1.54) is 11.1 Å². The van der Waals surface area contributed by atoms with Crippen LogP contribution in [0.1, 0.15) is 41.8 Å². The van der Waals surface area contributed by atoms with E-state index in [4.69, 9.17) is 0 Å². The normalized spacial score (nSPS) is 15.8. The average Bonchev–Trinajstić information content (AvgIpc) is 3.42. The Morgan fingerprint density at radius 2 is 1.37 bits per heavy atom. The maximum atomic E-state index is 11.1. The SMILES string of the molecule is C=CC(c1ccsc1)N(C(C=C)c1ccsc1)C(C)C(O)c1ccccc1. The van der Waals surface area contributed by atoms with Crippen molar-refractivity contribution < 1.29 is 5.11 Å². The summed E-state index contributed by atoms with van der Waals surface area (Å²) in [6.45, 7) is 10.3. The summed E-state index contributed by atoms with van der Waals surface area (Å²) < 4.78 is 0. The van der Waals surface area contributed by atoms with Crippen LogP contribution in [0.4, 0.5) is 0 Å². The molecule has 3 rings (SSSR count). The molecule has 0 bridgehead atoms. The van der Waals surface area contributed by atoms with Crippen molar-refractivity contribution in [3.63, 3.8) is 0 Å². The fourth-order valence-corrected chi connectivity index (χ4v) is 4.90. The van der Waals surface area contributed by atoms with E-state index < -0.39 is 6.10 Å². The largest absolute Gasteiger partial charge is 0.387 e. The van der Waals surface area contributed by atoms with E-state index in [1.807, 2.05) is 42.5 Å². The monoisotopic (exact) mass is 395 g/mol. The number of aliphatic hydroxyl groups excluding tert-OH is 1. The maximum absolute atomic E-state index is 11.1. The van der Waals surface area contributed by atoms with E-state index in [2.05, 4.69) is 58.6 Å². The number of hydrogen-bond acceptors (Lipinski definition) is 4. The molecule has 0 aliphatic heterocycles. The molecule has 0 radical (unpaired) electrons. The molecule has 2 aromatic heterocycles. The first kappa shape index (κ1) is 19.8. The third-order valence-electron chi connectivity index (χ3n) is 4.93. The topological polar surface area (TPSA) is 23.5 Å². The number of thiophene rings is 2. The van der Waals surface area contributed by atoms with Crippen molar-refractivity contribution in [2.45, 2.75) is 31.2 Å². The fourth-order valence-electron chi connectivity index (χ4n) is 3.52. The van der Waals surface area contributed by atoms with Crippen molar-refractivity contribution in [3.8, 4) is 0 Å². The molecule has 4 atom stereocenters. The Morgan fingerprint density at radius 1 is 0.852 bits per heavy atom. The highest BCUT2D eigenvalue weighted by atomic mass is 32.1. The summed E-state index contributed by atoms with van der Waals surface area (Å²) in [5, 5.41) is 19.6. The van der Waals surface area contributed by atoms with Gasteiger partial charge in [0.2, 0.25) is 0 Å². The number of benzene rings is 1. The lowest BCUT2D eigenvalue weighted by molar-refractivity contribution is 0.0254. The first-order chi connectivity index (χ1) is 13.2. The van der Waals surface area contributed by atoms with Crippen LogP contribution in [0.5, 0.6) is 0 Å². The molecule has 4 heteroatoms. The minimum Gasteiger partial charge on any atom is -0.387 e. The second-order valence-electron chi connectivity index (χ2n) is 6.52. The summed E-state index contributed by atoms with van der Waals surface area (Å²) >= 11 is 3.35. The minimum atomic E-state index is -0.617. The van der Waals surface area contributed by atoms with Crippen LogP contribution in [0.25, 0.3) is 0 Å². The summed E-state index contributed by atoms with van der Waals surface area (Å²) in [7, 11) is 0. The van der Waals surface area contributed by atoms with Gasteiger partial charge in [-0.3, -0.25) is 4.90 Å². The zero-order chi connectivity index (χ0) is 19.2. The molecule has 4 unspecified atom stereocenters. The van der Waals surface area contributed by atoms with Gasteiger partial charge < -0.3 is 5.11 Å². The fraction of sp³-hybridized carbons (Fsp3) is 0.217. The molecule has 0 saturated heterocycles. The quantitative estimate of drug-likeness (QED) is 0.424. The second-order valence-corrected chi connectivity index (χ2v) is 8.08. The summed E-state index contributed by atoms with van der Waals surface area (Å²) in [5.74, 6) is 0. The van der Waals surface area contributed by atoms with Gasteiger partial charge in [0.05, 0.1) is 18.2 Å². The predicted octanol–water partition coefficient (Wildman–Crippen LogP) is 6.39. The lowest BCUT2D eigenvalue weighted by atomic mass is 9.95. The molecule has 27 heavy (non-hydrogen) atoms. The number of aliphatic hydroxyl groups is 1. The molecular weight excluding hydrogens is 370 g/mol. The van der Waals surface area contributed by atoms with Crippen LogP contribution >= 0.6 is 22.7 Å². The van der Waals surface area contributed by atoms with Gasteiger partial charge in [0.15, 0.2) is 0 Å². The Balaban J connectivity index is 2.03. The summed E-state index contributed by atoms with van der Waals surface area (Å²) in [5.41, 5.74) is 3.28. The van der Waals surface area contributed by atoms with E-state index in [0.717, 1.165) is 5.56 Å². The maximum Gasteiger partial charge on any atom is 0.0943 e. The minimum absolute atomic E-state index is 0.0208. The summed E-state index contributed by atoms with van der Waals surface area (Å²) in [4.78, 5) is 2.31. The van der Waals surface area contributed by atoms with E-state index in [0.29, 0.717) is 0 Å². The van der Waals surface area contributed by atoms with Gasteiger partial charge in [-0.1, -0.05) is 42.5 Å². The lowest BCUT2D eigenvalue weighted by Gasteiger charge is -2.41. The smallest absolute Gasteiger partial charge is 0.0943 e. The van der Waals surface area contributed by atoms with E-state index in [-0.39, 0.29) is 18.1 Å². The third kappa shape index (κ3) is 4.30. The van der Waals surface area contributed by atoms with Crippen molar-refractivity contribution in [2.75, 3.05) is 0 Å². The predicted molar refractivity (Wildman–Crippen MR) is 117 cm³/mol.